The highest BCUT2D eigenvalue weighted by Crippen LogP contribution is 2.31. The van der Waals surface area contributed by atoms with E-state index >= 15 is 0 Å². The maximum atomic E-state index is 5.45. The van der Waals surface area contributed by atoms with Crippen LogP contribution >= 0.6 is 11.3 Å². The lowest BCUT2D eigenvalue weighted by atomic mass is 10.1. The number of fused-ring (bicyclic) bond motifs is 1. The van der Waals surface area contributed by atoms with E-state index in [0.29, 0.717) is 5.82 Å². The molecule has 142 valence electrons. The number of aryl methyl sites for hydroxylation is 1. The van der Waals surface area contributed by atoms with Gasteiger partial charge in [0.2, 0.25) is 0 Å². The van der Waals surface area contributed by atoms with E-state index in [9.17, 15) is 0 Å². The standard InChI is InChI=1S/C22H22N4OS/c1-3-17-13-18-21(24-12-10-15-7-4-5-9-19(15)27-2)25-20(26-22(18)28-17)16-8-6-11-23-14-16/h4-9,11,13-14H,3,10,12H2,1-2H3,(H,24,25,26). The number of pyridine rings is 1. The number of rotatable bonds is 7. The van der Waals surface area contributed by atoms with Crippen LogP contribution in [0.4, 0.5) is 5.82 Å². The molecule has 0 amide bonds. The van der Waals surface area contributed by atoms with Crippen LogP contribution in [0.5, 0.6) is 5.75 Å². The maximum absolute atomic E-state index is 5.45. The van der Waals surface area contributed by atoms with E-state index in [-0.39, 0.29) is 0 Å². The van der Waals surface area contributed by atoms with E-state index in [4.69, 9.17) is 14.7 Å². The third kappa shape index (κ3) is 3.82. The van der Waals surface area contributed by atoms with Crippen molar-refractivity contribution in [3.05, 3.63) is 65.3 Å². The molecule has 1 N–H and O–H groups in total. The van der Waals surface area contributed by atoms with Gasteiger partial charge in [-0.2, -0.15) is 0 Å². The summed E-state index contributed by atoms with van der Waals surface area (Å²) in [7, 11) is 1.71. The molecule has 0 aliphatic rings. The first-order valence-corrected chi connectivity index (χ1v) is 10.2. The molecule has 5 nitrogen and oxygen atoms in total. The number of para-hydroxylation sites is 1. The molecule has 6 heteroatoms. The highest BCUT2D eigenvalue weighted by Gasteiger charge is 2.13. The lowest BCUT2D eigenvalue weighted by Crippen LogP contribution is -2.08. The van der Waals surface area contributed by atoms with Gasteiger partial charge in [0, 0.05) is 29.4 Å². The van der Waals surface area contributed by atoms with Gasteiger partial charge in [-0.25, -0.2) is 9.97 Å². The van der Waals surface area contributed by atoms with Crippen LogP contribution in [0.1, 0.15) is 17.4 Å². The number of aromatic nitrogens is 3. The van der Waals surface area contributed by atoms with E-state index < -0.39 is 0 Å². The lowest BCUT2D eigenvalue weighted by Gasteiger charge is -2.11. The average Bonchev–Trinajstić information content (AvgIpc) is 3.18. The number of nitrogens with one attached hydrogen (secondary N) is 1. The van der Waals surface area contributed by atoms with E-state index in [2.05, 4.69) is 29.4 Å². The van der Waals surface area contributed by atoms with Crippen molar-refractivity contribution in [2.45, 2.75) is 19.8 Å². The van der Waals surface area contributed by atoms with Gasteiger partial charge in [-0.05, 0) is 42.7 Å². The fourth-order valence-electron chi connectivity index (χ4n) is 3.13. The van der Waals surface area contributed by atoms with Gasteiger partial charge < -0.3 is 10.1 Å². The summed E-state index contributed by atoms with van der Waals surface area (Å²) in [6, 6.07) is 14.2. The SMILES string of the molecule is CCc1cc2c(NCCc3ccccc3OC)nc(-c3cccnc3)nc2s1. The second-order valence-electron chi connectivity index (χ2n) is 6.41. The van der Waals surface area contributed by atoms with Gasteiger partial charge in [-0.1, -0.05) is 25.1 Å². The zero-order valence-electron chi connectivity index (χ0n) is 16.0. The Hall–Kier alpha value is -2.99. The van der Waals surface area contributed by atoms with Crippen LogP contribution in [0.3, 0.4) is 0 Å². The number of methoxy groups -OCH3 is 1. The summed E-state index contributed by atoms with van der Waals surface area (Å²) < 4.78 is 5.45. The van der Waals surface area contributed by atoms with E-state index in [0.717, 1.165) is 46.7 Å². The number of thiophene rings is 1. The van der Waals surface area contributed by atoms with Gasteiger partial charge in [0.25, 0.3) is 0 Å². The third-order valence-electron chi connectivity index (χ3n) is 4.59. The van der Waals surface area contributed by atoms with Crippen molar-refractivity contribution in [2.75, 3.05) is 19.0 Å². The number of ether oxygens (including phenoxy) is 1. The molecule has 0 saturated carbocycles. The molecule has 3 heterocycles. The van der Waals surface area contributed by atoms with Crippen molar-refractivity contribution in [1.82, 2.24) is 15.0 Å². The van der Waals surface area contributed by atoms with Crippen LogP contribution < -0.4 is 10.1 Å². The van der Waals surface area contributed by atoms with Gasteiger partial charge in [0.05, 0.1) is 12.5 Å². The zero-order valence-corrected chi connectivity index (χ0v) is 16.8. The monoisotopic (exact) mass is 390 g/mol. The molecule has 0 fully saturated rings. The number of nitrogens with zero attached hydrogens (tertiary/aromatic N) is 3. The van der Waals surface area contributed by atoms with Crippen molar-refractivity contribution in [3.8, 4) is 17.1 Å². The first-order chi connectivity index (χ1) is 13.8. The second-order valence-corrected chi connectivity index (χ2v) is 7.53. The lowest BCUT2D eigenvalue weighted by molar-refractivity contribution is 0.410. The Labute approximate surface area is 168 Å². The Bertz CT molecular complexity index is 1080. The summed E-state index contributed by atoms with van der Waals surface area (Å²) in [6.45, 7) is 2.92. The number of hydrogen-bond acceptors (Lipinski definition) is 6. The Kier molecular flexibility index (Phi) is 5.48. The van der Waals surface area contributed by atoms with Crippen LogP contribution in [0.25, 0.3) is 21.6 Å². The van der Waals surface area contributed by atoms with Crippen molar-refractivity contribution in [2.24, 2.45) is 0 Å². The minimum Gasteiger partial charge on any atom is -0.496 e. The molecule has 0 aliphatic heterocycles. The third-order valence-corrected chi connectivity index (χ3v) is 5.76. The largest absolute Gasteiger partial charge is 0.496 e. The maximum Gasteiger partial charge on any atom is 0.164 e. The molecule has 0 atom stereocenters. The Morgan fingerprint density at radius 1 is 1.11 bits per heavy atom. The molecule has 28 heavy (non-hydrogen) atoms. The minimum atomic E-state index is 0.699. The van der Waals surface area contributed by atoms with Gasteiger partial charge >= 0.3 is 0 Å². The summed E-state index contributed by atoms with van der Waals surface area (Å²) >= 11 is 1.72. The smallest absolute Gasteiger partial charge is 0.164 e. The molecule has 3 aromatic heterocycles. The van der Waals surface area contributed by atoms with Crippen LogP contribution in [0.2, 0.25) is 0 Å². The van der Waals surface area contributed by atoms with Crippen LogP contribution in [-0.2, 0) is 12.8 Å². The van der Waals surface area contributed by atoms with E-state index in [1.807, 2.05) is 30.3 Å². The first-order valence-electron chi connectivity index (χ1n) is 9.35. The highest BCUT2D eigenvalue weighted by molar-refractivity contribution is 7.18. The summed E-state index contributed by atoms with van der Waals surface area (Å²) in [6.07, 6.45) is 5.40. The molecule has 0 bridgehead atoms. The molecule has 0 radical (unpaired) electrons. The van der Waals surface area contributed by atoms with E-state index in [1.54, 1.807) is 30.8 Å². The van der Waals surface area contributed by atoms with Gasteiger partial charge in [0.1, 0.15) is 16.4 Å². The predicted octanol–water partition coefficient (Wildman–Crippen LogP) is 4.98. The molecular formula is C22H22N4OS. The average molecular weight is 391 g/mol. The summed E-state index contributed by atoms with van der Waals surface area (Å²) in [5, 5.41) is 4.59. The summed E-state index contributed by atoms with van der Waals surface area (Å²) in [5.41, 5.74) is 2.10. The number of anilines is 1. The van der Waals surface area contributed by atoms with Crippen LogP contribution in [0.15, 0.2) is 54.9 Å². The van der Waals surface area contributed by atoms with Gasteiger partial charge in [-0.3, -0.25) is 4.98 Å². The van der Waals surface area contributed by atoms with Crippen LogP contribution in [-0.4, -0.2) is 28.6 Å². The Morgan fingerprint density at radius 2 is 2.00 bits per heavy atom. The summed E-state index contributed by atoms with van der Waals surface area (Å²) in [5.74, 6) is 2.48. The Balaban J connectivity index is 1.64. The zero-order chi connectivity index (χ0) is 19.3. The van der Waals surface area contributed by atoms with Crippen LogP contribution in [0, 0.1) is 0 Å². The quantitative estimate of drug-likeness (QED) is 0.482. The fraction of sp³-hybridized carbons (Fsp3) is 0.227. The minimum absolute atomic E-state index is 0.699. The molecule has 1 aromatic carbocycles. The molecule has 0 spiro atoms. The van der Waals surface area contributed by atoms with E-state index in [1.165, 1.54) is 10.4 Å². The predicted molar refractivity (Wildman–Crippen MR) is 115 cm³/mol. The Morgan fingerprint density at radius 3 is 2.79 bits per heavy atom. The molecular weight excluding hydrogens is 368 g/mol. The normalized spacial score (nSPS) is 10.9. The molecule has 4 rings (SSSR count). The molecule has 4 aromatic rings. The number of benzene rings is 1. The molecule has 0 aliphatic carbocycles. The van der Waals surface area contributed by atoms with Gasteiger partial charge in [0.15, 0.2) is 5.82 Å². The first kappa shape index (κ1) is 18.4. The molecule has 0 saturated heterocycles. The highest BCUT2D eigenvalue weighted by atomic mass is 32.1. The summed E-state index contributed by atoms with van der Waals surface area (Å²) in [4.78, 5) is 16.1. The topological polar surface area (TPSA) is 59.9 Å². The van der Waals surface area contributed by atoms with Crippen molar-refractivity contribution in [1.29, 1.82) is 0 Å². The van der Waals surface area contributed by atoms with Crippen molar-refractivity contribution in [3.63, 3.8) is 0 Å². The number of hydrogen-bond donors (Lipinski definition) is 1. The molecule has 0 unspecified atom stereocenters. The fourth-order valence-corrected chi connectivity index (χ4v) is 4.10. The van der Waals surface area contributed by atoms with Crippen molar-refractivity contribution >= 4 is 27.4 Å². The van der Waals surface area contributed by atoms with Crippen molar-refractivity contribution < 1.29 is 4.74 Å². The van der Waals surface area contributed by atoms with Gasteiger partial charge in [-0.15, -0.1) is 11.3 Å². The second kappa shape index (κ2) is 8.35.